The lowest BCUT2D eigenvalue weighted by atomic mass is 9.91. The fraction of sp³-hybridized carbons (Fsp3) is 0.818. The van der Waals surface area contributed by atoms with E-state index in [0.29, 0.717) is 0 Å². The van der Waals surface area contributed by atoms with Gasteiger partial charge in [-0.2, -0.15) is 0 Å². The van der Waals surface area contributed by atoms with Gasteiger partial charge >= 0.3 is 5.97 Å². The van der Waals surface area contributed by atoms with E-state index in [-0.39, 0.29) is 12.8 Å². The summed E-state index contributed by atoms with van der Waals surface area (Å²) in [5, 5.41) is 57.8. The Balaban J connectivity index is 2.93. The van der Waals surface area contributed by atoms with E-state index < -0.39 is 55.2 Å². The van der Waals surface area contributed by atoms with Gasteiger partial charge in [0.25, 0.3) is 5.79 Å². The van der Waals surface area contributed by atoms with E-state index in [1.807, 2.05) is 0 Å². The number of aliphatic hydroxyl groups excluding tert-OH is 4. The molecule has 1 aliphatic rings. The highest BCUT2D eigenvalue weighted by Crippen LogP contribution is 2.30. The van der Waals surface area contributed by atoms with Crippen LogP contribution in [0.25, 0.3) is 0 Å². The second kappa shape index (κ2) is 7.11. The molecule has 122 valence electrons. The van der Waals surface area contributed by atoms with E-state index in [9.17, 15) is 24.9 Å². The molecule has 5 atom stereocenters. The van der Waals surface area contributed by atoms with E-state index in [1.54, 1.807) is 0 Å². The van der Waals surface area contributed by atoms with Crippen molar-refractivity contribution in [2.45, 2.75) is 43.0 Å². The van der Waals surface area contributed by atoms with Gasteiger partial charge in [0.15, 0.2) is 0 Å². The molecule has 1 aliphatic heterocycles. The molecule has 1 saturated heterocycles. The second-order valence-corrected chi connectivity index (χ2v) is 4.78. The number of carbonyl (C=O) groups is 2. The summed E-state index contributed by atoms with van der Waals surface area (Å²) in [7, 11) is 0. The van der Waals surface area contributed by atoms with Crippen molar-refractivity contribution < 1.29 is 45.0 Å². The fourth-order valence-electron chi connectivity index (χ4n) is 2.08. The summed E-state index contributed by atoms with van der Waals surface area (Å²) in [6, 6.07) is -0.944. The SMILES string of the molecule is O=C(CO)NC1CCC(O)(C(=O)O)OC1C(O)C(O)CO. The standard InChI is InChI=1S/C11H19NO9/c13-3-6(15)8(17)9-5(12-7(16)4-14)1-2-11(20,21-9)10(18)19/h5-6,8-9,13-15,17,20H,1-4H2,(H,12,16)(H,18,19). The summed E-state index contributed by atoms with van der Waals surface area (Å²) in [5.41, 5.74) is 0. The molecule has 1 rings (SSSR count). The van der Waals surface area contributed by atoms with Crippen LogP contribution < -0.4 is 5.32 Å². The van der Waals surface area contributed by atoms with Gasteiger partial charge in [0.05, 0.1) is 12.6 Å². The highest BCUT2D eigenvalue weighted by Gasteiger charge is 2.49. The molecule has 0 aromatic rings. The Bertz CT molecular complexity index is 390. The van der Waals surface area contributed by atoms with Crippen molar-refractivity contribution in [3.63, 3.8) is 0 Å². The Morgan fingerprint density at radius 2 is 1.95 bits per heavy atom. The zero-order valence-corrected chi connectivity index (χ0v) is 11.0. The monoisotopic (exact) mass is 309 g/mol. The minimum Gasteiger partial charge on any atom is -0.477 e. The summed E-state index contributed by atoms with van der Waals surface area (Å²) in [5.74, 6) is -5.04. The minimum atomic E-state index is -2.57. The number of aliphatic hydroxyl groups is 5. The maximum atomic E-state index is 11.2. The quantitative estimate of drug-likeness (QED) is 0.258. The molecule has 1 fully saturated rings. The molecule has 0 aromatic carbocycles. The lowest BCUT2D eigenvalue weighted by molar-refractivity contribution is -0.279. The summed E-state index contributed by atoms with van der Waals surface area (Å²) in [6.07, 6.45) is -5.31. The first-order valence-electron chi connectivity index (χ1n) is 6.26. The third-order valence-corrected chi connectivity index (χ3v) is 3.26. The Morgan fingerprint density at radius 3 is 2.43 bits per heavy atom. The van der Waals surface area contributed by atoms with E-state index in [1.165, 1.54) is 0 Å². The number of hydrogen-bond acceptors (Lipinski definition) is 8. The lowest BCUT2D eigenvalue weighted by Gasteiger charge is -2.42. The molecule has 1 heterocycles. The molecule has 10 nitrogen and oxygen atoms in total. The molecule has 0 aromatic heterocycles. The van der Waals surface area contributed by atoms with Gasteiger partial charge in [0, 0.05) is 6.42 Å². The number of carboxylic acids is 1. The molecule has 0 radical (unpaired) electrons. The predicted octanol–water partition coefficient (Wildman–Crippen LogP) is -3.87. The Kier molecular flexibility index (Phi) is 6.01. The van der Waals surface area contributed by atoms with Crippen molar-refractivity contribution in [3.8, 4) is 0 Å². The van der Waals surface area contributed by atoms with E-state index >= 15 is 0 Å². The zero-order valence-electron chi connectivity index (χ0n) is 11.0. The zero-order chi connectivity index (χ0) is 16.2. The van der Waals surface area contributed by atoms with Gasteiger partial charge in [0.1, 0.15) is 24.9 Å². The molecule has 0 spiro atoms. The Labute approximate surface area is 119 Å². The maximum Gasteiger partial charge on any atom is 0.364 e. The van der Waals surface area contributed by atoms with Crippen molar-refractivity contribution in [1.29, 1.82) is 0 Å². The van der Waals surface area contributed by atoms with Crippen LogP contribution in [0.4, 0.5) is 0 Å². The number of carboxylic acid groups (broad SMARTS) is 1. The molecule has 0 bridgehead atoms. The predicted molar refractivity (Wildman–Crippen MR) is 64.8 cm³/mol. The fourth-order valence-corrected chi connectivity index (χ4v) is 2.08. The molecule has 7 N–H and O–H groups in total. The number of hydrogen-bond donors (Lipinski definition) is 7. The van der Waals surface area contributed by atoms with Crippen LogP contribution in [-0.4, -0.2) is 85.9 Å². The van der Waals surface area contributed by atoms with E-state index in [0.717, 1.165) is 0 Å². The van der Waals surface area contributed by atoms with Crippen LogP contribution in [0.5, 0.6) is 0 Å². The van der Waals surface area contributed by atoms with Crippen LogP contribution in [0.1, 0.15) is 12.8 Å². The molecule has 10 heteroatoms. The van der Waals surface area contributed by atoms with Gasteiger partial charge in [-0.05, 0) is 6.42 Å². The minimum absolute atomic E-state index is 0.0750. The second-order valence-electron chi connectivity index (χ2n) is 4.78. The number of amides is 1. The third kappa shape index (κ3) is 4.09. The van der Waals surface area contributed by atoms with E-state index in [2.05, 4.69) is 5.32 Å². The van der Waals surface area contributed by atoms with Gasteiger partial charge in [0.2, 0.25) is 5.91 Å². The van der Waals surface area contributed by atoms with Gasteiger partial charge < -0.3 is 40.7 Å². The first kappa shape index (κ1) is 17.8. The summed E-state index contributed by atoms with van der Waals surface area (Å²) < 4.78 is 4.92. The smallest absolute Gasteiger partial charge is 0.364 e. The number of carbonyl (C=O) groups excluding carboxylic acids is 1. The number of rotatable bonds is 6. The van der Waals surface area contributed by atoms with Crippen LogP contribution in [0.2, 0.25) is 0 Å². The largest absolute Gasteiger partial charge is 0.477 e. The number of nitrogens with one attached hydrogen (secondary N) is 1. The molecule has 0 saturated carbocycles. The number of aliphatic carboxylic acids is 1. The van der Waals surface area contributed by atoms with Crippen LogP contribution in [-0.2, 0) is 14.3 Å². The lowest BCUT2D eigenvalue weighted by Crippen LogP contribution is -2.62. The van der Waals surface area contributed by atoms with Crippen molar-refractivity contribution in [1.82, 2.24) is 5.32 Å². The first-order valence-corrected chi connectivity index (χ1v) is 6.26. The van der Waals surface area contributed by atoms with Crippen LogP contribution in [0, 0.1) is 0 Å². The average molecular weight is 309 g/mol. The van der Waals surface area contributed by atoms with Gasteiger partial charge in [-0.1, -0.05) is 0 Å². The van der Waals surface area contributed by atoms with E-state index in [4.69, 9.17) is 20.1 Å². The topological polar surface area (TPSA) is 177 Å². The van der Waals surface area contributed by atoms with Crippen molar-refractivity contribution >= 4 is 11.9 Å². The van der Waals surface area contributed by atoms with Gasteiger partial charge in [-0.15, -0.1) is 0 Å². The van der Waals surface area contributed by atoms with Crippen LogP contribution >= 0.6 is 0 Å². The van der Waals surface area contributed by atoms with Gasteiger partial charge in [-0.3, -0.25) is 4.79 Å². The average Bonchev–Trinajstić information content (AvgIpc) is 2.47. The third-order valence-electron chi connectivity index (χ3n) is 3.26. The normalized spacial score (nSPS) is 32.2. The summed E-state index contributed by atoms with van der Waals surface area (Å²) >= 11 is 0. The maximum absolute atomic E-state index is 11.2. The highest BCUT2D eigenvalue weighted by atomic mass is 16.7. The van der Waals surface area contributed by atoms with Crippen LogP contribution in [0.15, 0.2) is 0 Å². The summed E-state index contributed by atoms with van der Waals surface area (Å²) in [4.78, 5) is 22.2. The number of ether oxygens (including phenoxy) is 1. The molecule has 0 aliphatic carbocycles. The molecular formula is C11H19NO9. The highest BCUT2D eigenvalue weighted by molar-refractivity contribution is 5.77. The van der Waals surface area contributed by atoms with Crippen LogP contribution in [0.3, 0.4) is 0 Å². The summed E-state index contributed by atoms with van der Waals surface area (Å²) in [6.45, 7) is -1.65. The molecular weight excluding hydrogens is 290 g/mol. The van der Waals surface area contributed by atoms with Crippen molar-refractivity contribution in [3.05, 3.63) is 0 Å². The molecule has 5 unspecified atom stereocenters. The van der Waals surface area contributed by atoms with Gasteiger partial charge in [-0.25, -0.2) is 4.79 Å². The van der Waals surface area contributed by atoms with Crippen molar-refractivity contribution in [2.75, 3.05) is 13.2 Å². The Hall–Kier alpha value is -1.30. The molecule has 21 heavy (non-hydrogen) atoms. The van der Waals surface area contributed by atoms with Crippen molar-refractivity contribution in [2.24, 2.45) is 0 Å². The molecule has 1 amide bonds. The Morgan fingerprint density at radius 1 is 1.33 bits per heavy atom. The first-order chi connectivity index (χ1) is 9.75.